The summed E-state index contributed by atoms with van der Waals surface area (Å²) in [5.74, 6) is 7.04. The number of hydrazine groups is 1. The molecule has 1 aromatic heterocycles. The summed E-state index contributed by atoms with van der Waals surface area (Å²) in [5.41, 5.74) is 4.44. The van der Waals surface area contributed by atoms with Gasteiger partial charge in [-0.2, -0.15) is 0 Å². The normalized spacial score (nSPS) is 12.0. The van der Waals surface area contributed by atoms with Gasteiger partial charge < -0.3 is 9.47 Å². The Hall–Kier alpha value is -1.82. The van der Waals surface area contributed by atoms with Gasteiger partial charge in [0.2, 0.25) is 0 Å². The molecule has 0 aliphatic rings. The molecule has 106 valence electrons. The topological polar surface area (TPSA) is 69.4 Å². The van der Waals surface area contributed by atoms with Gasteiger partial charge in [-0.25, -0.2) is 5.43 Å². The average molecular weight is 294 g/mol. The van der Waals surface area contributed by atoms with Gasteiger partial charge in [-0.3, -0.25) is 10.8 Å². The second kappa shape index (κ2) is 6.56. The molecule has 3 N–H and O–H groups in total. The van der Waals surface area contributed by atoms with Crippen LogP contribution >= 0.6 is 11.6 Å². The van der Waals surface area contributed by atoms with Crippen LogP contribution in [0.15, 0.2) is 36.7 Å². The molecule has 0 amide bonds. The van der Waals surface area contributed by atoms with Gasteiger partial charge in [-0.15, -0.1) is 0 Å². The zero-order valence-corrected chi connectivity index (χ0v) is 12.0. The van der Waals surface area contributed by atoms with Gasteiger partial charge in [-0.1, -0.05) is 11.6 Å². The number of nitrogens with one attached hydrogen (secondary N) is 1. The zero-order chi connectivity index (χ0) is 14.5. The van der Waals surface area contributed by atoms with Crippen molar-refractivity contribution in [3.63, 3.8) is 0 Å². The summed E-state index contributed by atoms with van der Waals surface area (Å²) < 4.78 is 10.5. The molecule has 1 heterocycles. The standard InChI is InChI=1S/C14H16ClN3O2/c1-19-11-5-9(7-17-8-11)14(18-16)12-6-10(15)3-4-13(12)20-2/h3-8,14,18H,16H2,1-2H3. The van der Waals surface area contributed by atoms with E-state index >= 15 is 0 Å². The lowest BCUT2D eigenvalue weighted by Gasteiger charge is -2.20. The quantitative estimate of drug-likeness (QED) is 0.654. The molecule has 0 fully saturated rings. The first-order valence-electron chi connectivity index (χ1n) is 5.98. The number of hydrogen-bond donors (Lipinski definition) is 2. The summed E-state index contributed by atoms with van der Waals surface area (Å²) in [6.07, 6.45) is 3.35. The van der Waals surface area contributed by atoms with E-state index in [2.05, 4.69) is 10.4 Å². The van der Waals surface area contributed by atoms with Gasteiger partial charge in [0.05, 0.1) is 26.5 Å². The van der Waals surface area contributed by atoms with E-state index in [0.29, 0.717) is 16.5 Å². The molecule has 1 aromatic carbocycles. The highest BCUT2D eigenvalue weighted by molar-refractivity contribution is 6.30. The van der Waals surface area contributed by atoms with Crippen LogP contribution in [0.4, 0.5) is 0 Å². The number of hydrogen-bond acceptors (Lipinski definition) is 5. The average Bonchev–Trinajstić information content (AvgIpc) is 2.48. The van der Waals surface area contributed by atoms with E-state index in [0.717, 1.165) is 11.1 Å². The van der Waals surface area contributed by atoms with Gasteiger partial charge >= 0.3 is 0 Å². The highest BCUT2D eigenvalue weighted by Crippen LogP contribution is 2.32. The predicted molar refractivity (Wildman–Crippen MR) is 78.0 cm³/mol. The highest BCUT2D eigenvalue weighted by atomic mass is 35.5. The van der Waals surface area contributed by atoms with Gasteiger partial charge in [-0.05, 0) is 29.8 Å². The molecule has 6 heteroatoms. The van der Waals surface area contributed by atoms with Crippen LogP contribution in [0, 0.1) is 0 Å². The number of nitrogens with zero attached hydrogens (tertiary/aromatic N) is 1. The minimum absolute atomic E-state index is 0.300. The van der Waals surface area contributed by atoms with E-state index in [4.69, 9.17) is 26.9 Å². The van der Waals surface area contributed by atoms with Gasteiger partial charge in [0.1, 0.15) is 11.5 Å². The van der Waals surface area contributed by atoms with Crippen LogP contribution < -0.4 is 20.7 Å². The lowest BCUT2D eigenvalue weighted by molar-refractivity contribution is 0.402. The van der Waals surface area contributed by atoms with Crippen molar-refractivity contribution >= 4 is 11.6 Å². The van der Waals surface area contributed by atoms with Crippen molar-refractivity contribution in [2.24, 2.45) is 5.84 Å². The Morgan fingerprint density at radius 1 is 1.20 bits per heavy atom. The molecule has 0 aliphatic carbocycles. The van der Waals surface area contributed by atoms with E-state index in [9.17, 15) is 0 Å². The molecule has 0 saturated heterocycles. The van der Waals surface area contributed by atoms with Crippen LogP contribution in [0.25, 0.3) is 0 Å². The van der Waals surface area contributed by atoms with Gasteiger partial charge in [0, 0.05) is 16.8 Å². The summed E-state index contributed by atoms with van der Waals surface area (Å²) in [6, 6.07) is 6.94. The number of benzene rings is 1. The molecule has 0 radical (unpaired) electrons. The number of methoxy groups -OCH3 is 2. The first kappa shape index (κ1) is 14.6. The third-order valence-electron chi connectivity index (χ3n) is 2.97. The number of pyridine rings is 1. The lowest BCUT2D eigenvalue weighted by Crippen LogP contribution is -2.29. The third kappa shape index (κ3) is 3.01. The third-order valence-corrected chi connectivity index (χ3v) is 3.21. The number of halogens is 1. The molecule has 5 nitrogen and oxygen atoms in total. The fourth-order valence-electron chi connectivity index (χ4n) is 2.00. The van der Waals surface area contributed by atoms with E-state index in [-0.39, 0.29) is 6.04 Å². The van der Waals surface area contributed by atoms with E-state index in [1.165, 1.54) is 0 Å². The molecular weight excluding hydrogens is 278 g/mol. The van der Waals surface area contributed by atoms with Crippen LogP contribution in [0.5, 0.6) is 11.5 Å². The van der Waals surface area contributed by atoms with Crippen molar-refractivity contribution in [2.45, 2.75) is 6.04 Å². The Kier molecular flexibility index (Phi) is 4.79. The summed E-state index contributed by atoms with van der Waals surface area (Å²) >= 11 is 6.06. The number of nitrogens with two attached hydrogens (primary N) is 1. The van der Waals surface area contributed by atoms with Crippen LogP contribution in [-0.2, 0) is 0 Å². The Morgan fingerprint density at radius 2 is 2.00 bits per heavy atom. The second-order valence-corrected chi connectivity index (χ2v) is 4.58. The molecule has 20 heavy (non-hydrogen) atoms. The Bertz CT molecular complexity index is 592. The van der Waals surface area contributed by atoms with Crippen molar-refractivity contribution in [1.82, 2.24) is 10.4 Å². The largest absolute Gasteiger partial charge is 0.496 e. The van der Waals surface area contributed by atoms with E-state index in [1.807, 2.05) is 12.1 Å². The fraction of sp³-hybridized carbons (Fsp3) is 0.214. The fourth-order valence-corrected chi connectivity index (χ4v) is 2.18. The number of ether oxygens (including phenoxy) is 2. The van der Waals surface area contributed by atoms with Crippen molar-refractivity contribution in [2.75, 3.05) is 14.2 Å². The van der Waals surface area contributed by atoms with Crippen LogP contribution in [0.1, 0.15) is 17.2 Å². The summed E-state index contributed by atoms with van der Waals surface area (Å²) in [5, 5.41) is 0.608. The number of rotatable bonds is 5. The summed E-state index contributed by atoms with van der Waals surface area (Å²) in [4.78, 5) is 4.13. The van der Waals surface area contributed by atoms with Crippen molar-refractivity contribution in [3.05, 3.63) is 52.8 Å². The summed E-state index contributed by atoms with van der Waals surface area (Å²) in [7, 11) is 3.19. The van der Waals surface area contributed by atoms with E-state index in [1.54, 1.807) is 38.7 Å². The molecule has 0 spiro atoms. The van der Waals surface area contributed by atoms with Crippen molar-refractivity contribution < 1.29 is 9.47 Å². The van der Waals surface area contributed by atoms with Gasteiger partial charge in [0.25, 0.3) is 0 Å². The Balaban J connectivity index is 2.48. The van der Waals surface area contributed by atoms with E-state index < -0.39 is 0 Å². The molecule has 0 bridgehead atoms. The van der Waals surface area contributed by atoms with Crippen molar-refractivity contribution in [1.29, 1.82) is 0 Å². The molecule has 1 atom stereocenters. The van der Waals surface area contributed by atoms with Gasteiger partial charge in [0.15, 0.2) is 0 Å². The molecular formula is C14H16ClN3O2. The van der Waals surface area contributed by atoms with Crippen LogP contribution in [0.3, 0.4) is 0 Å². The Morgan fingerprint density at radius 3 is 2.65 bits per heavy atom. The van der Waals surface area contributed by atoms with Crippen LogP contribution in [0.2, 0.25) is 5.02 Å². The summed E-state index contributed by atoms with van der Waals surface area (Å²) in [6.45, 7) is 0. The first-order valence-corrected chi connectivity index (χ1v) is 6.36. The minimum Gasteiger partial charge on any atom is -0.496 e. The monoisotopic (exact) mass is 293 g/mol. The van der Waals surface area contributed by atoms with Crippen molar-refractivity contribution in [3.8, 4) is 11.5 Å². The SMILES string of the molecule is COc1cncc(C(NN)c2cc(Cl)ccc2OC)c1. The number of aromatic nitrogens is 1. The predicted octanol–water partition coefficient (Wildman–Crippen LogP) is 2.30. The molecule has 0 aliphatic heterocycles. The maximum absolute atomic E-state index is 6.06. The molecule has 1 unspecified atom stereocenters. The smallest absolute Gasteiger partial charge is 0.137 e. The maximum atomic E-state index is 6.06. The highest BCUT2D eigenvalue weighted by Gasteiger charge is 2.18. The van der Waals surface area contributed by atoms with Crippen LogP contribution in [-0.4, -0.2) is 19.2 Å². The first-order chi connectivity index (χ1) is 9.69. The lowest BCUT2D eigenvalue weighted by atomic mass is 9.99. The zero-order valence-electron chi connectivity index (χ0n) is 11.3. The minimum atomic E-state index is -0.300. The molecule has 2 aromatic rings. The molecule has 0 saturated carbocycles. The second-order valence-electron chi connectivity index (χ2n) is 4.14. The maximum Gasteiger partial charge on any atom is 0.137 e. The Labute approximate surface area is 122 Å². The molecule has 2 rings (SSSR count).